The Morgan fingerprint density at radius 1 is 1.00 bits per heavy atom. The number of rotatable bonds is 6. The summed E-state index contributed by atoms with van der Waals surface area (Å²) >= 11 is 0. The molecule has 0 aromatic heterocycles. The third-order valence-corrected chi connectivity index (χ3v) is 6.35. The van der Waals surface area contributed by atoms with E-state index in [2.05, 4.69) is 19.1 Å². The van der Waals surface area contributed by atoms with Crippen LogP contribution in [0.15, 0.2) is 36.4 Å². The fourth-order valence-corrected chi connectivity index (χ4v) is 4.91. The van der Waals surface area contributed by atoms with Crippen LogP contribution < -0.4 is 4.74 Å². The lowest BCUT2D eigenvalue weighted by molar-refractivity contribution is 0.133. The van der Waals surface area contributed by atoms with Crippen molar-refractivity contribution in [2.75, 3.05) is 6.61 Å². The van der Waals surface area contributed by atoms with Gasteiger partial charge in [0.05, 0.1) is 0 Å². The third kappa shape index (κ3) is 5.00. The first-order valence-electron chi connectivity index (χ1n) is 10.5. The van der Waals surface area contributed by atoms with Gasteiger partial charge in [0.1, 0.15) is 6.61 Å². The fraction of sp³-hybridized carbons (Fsp3) is 0.583. The second kappa shape index (κ2) is 9.52. The van der Waals surface area contributed by atoms with Crippen molar-refractivity contribution in [1.29, 1.82) is 0 Å². The Balaban J connectivity index is 1.64. The standard InChI is InChI=1S/C24H32F2O/c1-3-5-7-17-8-9-19-14-20(11-10-18(19)13-17)21-15-22(25)24(23(26)16-21)27-12-6-4-2/h4-7,15-20H,3,8-14H2,1-2H3. The van der Waals surface area contributed by atoms with E-state index in [-0.39, 0.29) is 18.3 Å². The van der Waals surface area contributed by atoms with Crippen molar-refractivity contribution in [3.05, 3.63) is 53.6 Å². The number of allylic oxidation sites excluding steroid dienone is 3. The van der Waals surface area contributed by atoms with Crippen molar-refractivity contribution in [2.24, 2.45) is 17.8 Å². The van der Waals surface area contributed by atoms with Crippen LogP contribution >= 0.6 is 0 Å². The molecule has 3 rings (SSSR count). The van der Waals surface area contributed by atoms with E-state index in [0.29, 0.717) is 5.92 Å². The van der Waals surface area contributed by atoms with Crippen molar-refractivity contribution < 1.29 is 13.5 Å². The van der Waals surface area contributed by atoms with Gasteiger partial charge in [-0.25, -0.2) is 8.78 Å². The molecule has 4 atom stereocenters. The highest BCUT2D eigenvalue weighted by molar-refractivity contribution is 5.33. The summed E-state index contributed by atoms with van der Waals surface area (Å²) in [5.74, 6) is 1.06. The van der Waals surface area contributed by atoms with Gasteiger partial charge < -0.3 is 4.74 Å². The summed E-state index contributed by atoms with van der Waals surface area (Å²) in [4.78, 5) is 0. The highest BCUT2D eigenvalue weighted by Crippen LogP contribution is 2.48. The summed E-state index contributed by atoms with van der Waals surface area (Å²) in [6.45, 7) is 4.22. The minimum absolute atomic E-state index is 0.185. The molecular formula is C24H32F2O. The monoisotopic (exact) mass is 374 g/mol. The molecule has 0 heterocycles. The van der Waals surface area contributed by atoms with E-state index >= 15 is 0 Å². The smallest absolute Gasteiger partial charge is 0.191 e. The first kappa shape index (κ1) is 20.1. The van der Waals surface area contributed by atoms with E-state index < -0.39 is 11.6 Å². The molecule has 1 nitrogen and oxygen atoms in total. The maximum absolute atomic E-state index is 14.4. The van der Waals surface area contributed by atoms with Crippen LogP contribution in [0.5, 0.6) is 5.75 Å². The second-order valence-corrected chi connectivity index (χ2v) is 8.13. The highest BCUT2D eigenvalue weighted by Gasteiger charge is 2.35. The van der Waals surface area contributed by atoms with E-state index in [9.17, 15) is 8.78 Å². The maximum Gasteiger partial charge on any atom is 0.191 e. The van der Waals surface area contributed by atoms with E-state index in [0.717, 1.165) is 36.7 Å². The van der Waals surface area contributed by atoms with Gasteiger partial charge in [0, 0.05) is 0 Å². The number of benzene rings is 1. The average molecular weight is 375 g/mol. The maximum atomic E-state index is 14.4. The summed E-state index contributed by atoms with van der Waals surface area (Å²) in [7, 11) is 0. The molecule has 2 fully saturated rings. The summed E-state index contributed by atoms with van der Waals surface area (Å²) in [5, 5.41) is 0. The zero-order valence-corrected chi connectivity index (χ0v) is 16.6. The van der Waals surface area contributed by atoms with Crippen LogP contribution in [0, 0.1) is 29.4 Å². The minimum Gasteiger partial charge on any atom is -0.483 e. The van der Waals surface area contributed by atoms with Crippen molar-refractivity contribution in [3.8, 4) is 5.75 Å². The summed E-state index contributed by atoms with van der Waals surface area (Å²) < 4.78 is 34.0. The molecular weight excluding hydrogens is 342 g/mol. The Morgan fingerprint density at radius 2 is 1.70 bits per heavy atom. The lowest BCUT2D eigenvalue weighted by Crippen LogP contribution is -2.30. The number of ether oxygens (including phenoxy) is 1. The Morgan fingerprint density at radius 3 is 2.41 bits per heavy atom. The van der Waals surface area contributed by atoms with Gasteiger partial charge in [0.25, 0.3) is 0 Å². The largest absolute Gasteiger partial charge is 0.483 e. The van der Waals surface area contributed by atoms with Gasteiger partial charge in [-0.3, -0.25) is 0 Å². The Hall–Kier alpha value is -1.64. The molecule has 2 saturated carbocycles. The van der Waals surface area contributed by atoms with Crippen molar-refractivity contribution in [2.45, 2.75) is 64.7 Å². The Bertz CT molecular complexity index is 656. The molecule has 2 aliphatic carbocycles. The Kier molecular flexibility index (Phi) is 7.09. The molecule has 0 aliphatic heterocycles. The third-order valence-electron chi connectivity index (χ3n) is 6.35. The van der Waals surface area contributed by atoms with Crippen molar-refractivity contribution in [3.63, 3.8) is 0 Å². The molecule has 0 radical (unpaired) electrons. The molecule has 148 valence electrons. The first-order valence-corrected chi connectivity index (χ1v) is 10.5. The summed E-state index contributed by atoms with van der Waals surface area (Å²) in [6.07, 6.45) is 16.4. The molecule has 2 aliphatic rings. The number of fused-ring (bicyclic) bond motifs is 1. The van der Waals surface area contributed by atoms with E-state index in [1.807, 2.05) is 6.92 Å². The molecule has 1 aromatic rings. The normalized spacial score (nSPS) is 28.6. The van der Waals surface area contributed by atoms with Gasteiger partial charge in [-0.2, -0.15) is 0 Å². The van der Waals surface area contributed by atoms with Crippen LogP contribution in [0.4, 0.5) is 8.78 Å². The Labute approximate surface area is 162 Å². The molecule has 4 unspecified atom stereocenters. The summed E-state index contributed by atoms with van der Waals surface area (Å²) in [5.41, 5.74) is 0.801. The van der Waals surface area contributed by atoms with Crippen LogP contribution in [0.1, 0.15) is 70.3 Å². The predicted octanol–water partition coefficient (Wildman–Crippen LogP) is 7.19. The van der Waals surface area contributed by atoms with Crippen molar-refractivity contribution in [1.82, 2.24) is 0 Å². The molecule has 0 spiro atoms. The van der Waals surface area contributed by atoms with Crippen LogP contribution in [-0.4, -0.2) is 6.61 Å². The van der Waals surface area contributed by atoms with Crippen LogP contribution in [0.3, 0.4) is 0 Å². The molecule has 0 saturated heterocycles. The zero-order valence-electron chi connectivity index (χ0n) is 16.6. The molecule has 0 N–H and O–H groups in total. The number of hydrogen-bond acceptors (Lipinski definition) is 1. The quantitative estimate of drug-likeness (QED) is 0.479. The van der Waals surface area contributed by atoms with Gasteiger partial charge >= 0.3 is 0 Å². The van der Waals surface area contributed by atoms with E-state index in [4.69, 9.17) is 4.74 Å². The van der Waals surface area contributed by atoms with Crippen LogP contribution in [-0.2, 0) is 0 Å². The first-order chi connectivity index (χ1) is 13.1. The van der Waals surface area contributed by atoms with Gasteiger partial charge in [0.2, 0.25) is 0 Å². The van der Waals surface area contributed by atoms with Crippen molar-refractivity contribution >= 4 is 0 Å². The molecule has 0 bridgehead atoms. The fourth-order valence-electron chi connectivity index (χ4n) is 4.91. The topological polar surface area (TPSA) is 9.23 Å². The van der Waals surface area contributed by atoms with Gasteiger partial charge in [-0.15, -0.1) is 0 Å². The molecule has 0 amide bonds. The van der Waals surface area contributed by atoms with E-state index in [1.54, 1.807) is 12.2 Å². The van der Waals surface area contributed by atoms with Gasteiger partial charge in [-0.1, -0.05) is 31.2 Å². The molecule has 27 heavy (non-hydrogen) atoms. The number of hydrogen-bond donors (Lipinski definition) is 0. The number of halogens is 2. The predicted molar refractivity (Wildman–Crippen MR) is 107 cm³/mol. The SMILES string of the molecule is CC=CCOc1c(F)cc(C2CCC3CC(C=CCC)CCC3C2)cc1F. The minimum atomic E-state index is -0.579. The van der Waals surface area contributed by atoms with E-state index in [1.165, 1.54) is 37.8 Å². The van der Waals surface area contributed by atoms with Crippen LogP contribution in [0.25, 0.3) is 0 Å². The van der Waals surface area contributed by atoms with Gasteiger partial charge in [0.15, 0.2) is 17.4 Å². The lowest BCUT2D eigenvalue weighted by atomic mass is 9.64. The second-order valence-electron chi connectivity index (χ2n) is 8.13. The average Bonchev–Trinajstić information content (AvgIpc) is 2.67. The molecule has 1 aromatic carbocycles. The van der Waals surface area contributed by atoms with Crippen LogP contribution in [0.2, 0.25) is 0 Å². The van der Waals surface area contributed by atoms with Gasteiger partial charge in [-0.05, 0) is 93.2 Å². The lowest BCUT2D eigenvalue weighted by Gasteiger charge is -2.42. The highest BCUT2D eigenvalue weighted by atomic mass is 19.1. The molecule has 3 heteroatoms. The summed E-state index contributed by atoms with van der Waals surface area (Å²) in [6, 6.07) is 2.99. The zero-order chi connectivity index (χ0) is 19.2.